The van der Waals surface area contributed by atoms with E-state index in [9.17, 15) is 9.59 Å². The molecule has 0 spiro atoms. The number of thiophene rings is 1. The number of nitrogens with zero attached hydrogens (tertiary/aromatic N) is 3. The molecule has 192 valence electrons. The SMILES string of the molecule is COC(=O)c1c(NC(=O)CSc2nnc(COc3cccc(C)c3C)n2C)sc2c1CCCCCC2. The summed E-state index contributed by atoms with van der Waals surface area (Å²) in [5.74, 6) is 1.05. The normalized spacial score (nSPS) is 13.4. The largest absolute Gasteiger partial charge is 0.485 e. The van der Waals surface area contributed by atoms with E-state index >= 15 is 0 Å². The van der Waals surface area contributed by atoms with E-state index in [0.717, 1.165) is 49.0 Å². The molecule has 1 aliphatic carbocycles. The third-order valence-corrected chi connectivity index (χ3v) is 8.71. The molecule has 1 amide bonds. The minimum Gasteiger partial charge on any atom is -0.485 e. The van der Waals surface area contributed by atoms with Gasteiger partial charge >= 0.3 is 5.97 Å². The number of amides is 1. The van der Waals surface area contributed by atoms with Crippen LogP contribution in [0, 0.1) is 13.8 Å². The van der Waals surface area contributed by atoms with Crippen LogP contribution in [-0.4, -0.2) is 39.5 Å². The van der Waals surface area contributed by atoms with E-state index in [2.05, 4.69) is 15.5 Å². The Bertz CT molecular complexity index is 1250. The van der Waals surface area contributed by atoms with Crippen molar-refractivity contribution in [3.63, 3.8) is 0 Å². The second-order valence-electron chi connectivity index (χ2n) is 8.90. The number of nitrogens with one attached hydrogen (secondary N) is 1. The quantitative estimate of drug-likeness (QED) is 0.315. The van der Waals surface area contributed by atoms with Gasteiger partial charge in [0.2, 0.25) is 5.91 Å². The number of fused-ring (bicyclic) bond motifs is 1. The molecule has 0 saturated carbocycles. The zero-order valence-electron chi connectivity index (χ0n) is 21.2. The van der Waals surface area contributed by atoms with Gasteiger partial charge in [-0.25, -0.2) is 4.79 Å². The lowest BCUT2D eigenvalue weighted by molar-refractivity contribution is -0.113. The smallest absolute Gasteiger partial charge is 0.341 e. The standard InChI is InChI=1S/C26H32N4O4S2/c1-16-10-9-12-19(17(16)2)34-14-21-28-29-26(30(21)3)35-15-22(31)27-24-23(25(32)33-4)18-11-7-5-6-8-13-20(18)36-24/h9-10,12H,5-8,11,13-15H2,1-4H3,(H,27,31). The lowest BCUT2D eigenvalue weighted by Crippen LogP contribution is -2.16. The molecule has 0 unspecified atom stereocenters. The second kappa shape index (κ2) is 11.9. The molecular weight excluding hydrogens is 496 g/mol. The Hall–Kier alpha value is -2.85. The second-order valence-corrected chi connectivity index (χ2v) is 10.9. The van der Waals surface area contributed by atoms with E-state index in [-0.39, 0.29) is 18.3 Å². The molecule has 0 aliphatic heterocycles. The summed E-state index contributed by atoms with van der Waals surface area (Å²) < 4.78 is 12.8. The summed E-state index contributed by atoms with van der Waals surface area (Å²) in [5.41, 5.74) is 3.82. The molecule has 2 aromatic heterocycles. The van der Waals surface area contributed by atoms with Crippen LogP contribution in [0.15, 0.2) is 23.4 Å². The highest BCUT2D eigenvalue weighted by molar-refractivity contribution is 7.99. The Morgan fingerprint density at radius 1 is 1.14 bits per heavy atom. The fourth-order valence-electron chi connectivity index (χ4n) is 4.24. The topological polar surface area (TPSA) is 95.3 Å². The summed E-state index contributed by atoms with van der Waals surface area (Å²) in [6.07, 6.45) is 6.26. The number of ether oxygens (including phenoxy) is 2. The Labute approximate surface area is 219 Å². The number of anilines is 1. The maximum absolute atomic E-state index is 12.8. The Morgan fingerprint density at radius 3 is 2.69 bits per heavy atom. The highest BCUT2D eigenvalue weighted by Crippen LogP contribution is 2.37. The molecule has 4 rings (SSSR count). The summed E-state index contributed by atoms with van der Waals surface area (Å²) in [6.45, 7) is 4.36. The number of hydrogen-bond acceptors (Lipinski definition) is 8. The number of hydrogen-bond donors (Lipinski definition) is 1. The molecule has 0 saturated heterocycles. The van der Waals surface area contributed by atoms with Gasteiger partial charge in [0.05, 0.1) is 18.4 Å². The number of thioether (sulfide) groups is 1. The van der Waals surface area contributed by atoms with E-state index in [1.54, 1.807) is 0 Å². The molecule has 0 bridgehead atoms. The van der Waals surface area contributed by atoms with Gasteiger partial charge in [-0.15, -0.1) is 21.5 Å². The molecule has 10 heteroatoms. The molecule has 2 heterocycles. The zero-order valence-corrected chi connectivity index (χ0v) is 22.8. The van der Waals surface area contributed by atoms with Gasteiger partial charge in [-0.2, -0.15) is 0 Å². The van der Waals surface area contributed by atoms with Crippen LogP contribution in [0.2, 0.25) is 0 Å². The van der Waals surface area contributed by atoms with Gasteiger partial charge < -0.3 is 19.4 Å². The first-order valence-corrected chi connectivity index (χ1v) is 13.9. The maximum Gasteiger partial charge on any atom is 0.341 e. The highest BCUT2D eigenvalue weighted by atomic mass is 32.2. The number of rotatable bonds is 8. The van der Waals surface area contributed by atoms with Gasteiger partial charge in [0.1, 0.15) is 17.4 Å². The van der Waals surface area contributed by atoms with Crippen LogP contribution >= 0.6 is 23.1 Å². The summed E-state index contributed by atoms with van der Waals surface area (Å²) in [7, 11) is 3.24. The van der Waals surface area contributed by atoms with E-state index in [4.69, 9.17) is 9.47 Å². The predicted molar refractivity (Wildman–Crippen MR) is 142 cm³/mol. The average Bonchev–Trinajstić information content (AvgIpc) is 3.37. The van der Waals surface area contributed by atoms with Crippen LogP contribution in [0.5, 0.6) is 5.75 Å². The number of aromatic nitrogens is 3. The van der Waals surface area contributed by atoms with Crippen molar-refractivity contribution in [3.8, 4) is 5.75 Å². The summed E-state index contributed by atoms with van der Waals surface area (Å²) in [5, 5.41) is 12.6. The fraction of sp³-hybridized carbons (Fsp3) is 0.462. The number of esters is 1. The summed E-state index contributed by atoms with van der Waals surface area (Å²) in [6, 6.07) is 5.95. The molecule has 1 aliphatic rings. The van der Waals surface area contributed by atoms with E-state index in [1.807, 2.05) is 43.7 Å². The molecule has 0 fully saturated rings. The van der Waals surface area contributed by atoms with Crippen molar-refractivity contribution in [2.75, 3.05) is 18.2 Å². The van der Waals surface area contributed by atoms with Crippen molar-refractivity contribution in [2.45, 2.75) is 64.1 Å². The van der Waals surface area contributed by atoms with Crippen molar-refractivity contribution < 1.29 is 19.1 Å². The van der Waals surface area contributed by atoms with Crippen molar-refractivity contribution in [1.29, 1.82) is 0 Å². The van der Waals surface area contributed by atoms with E-state index in [1.165, 1.54) is 47.1 Å². The zero-order chi connectivity index (χ0) is 25.7. The third kappa shape index (κ3) is 5.92. The van der Waals surface area contributed by atoms with Gasteiger partial charge in [-0.3, -0.25) is 4.79 Å². The van der Waals surface area contributed by atoms with Crippen molar-refractivity contribution in [2.24, 2.45) is 7.05 Å². The number of benzene rings is 1. The first kappa shape index (κ1) is 26.2. The van der Waals surface area contributed by atoms with Crippen molar-refractivity contribution >= 4 is 40.0 Å². The minimum atomic E-state index is -0.391. The first-order chi connectivity index (χ1) is 17.4. The van der Waals surface area contributed by atoms with Crippen LogP contribution in [-0.2, 0) is 36.0 Å². The minimum absolute atomic E-state index is 0.146. The van der Waals surface area contributed by atoms with Gasteiger partial charge in [0.25, 0.3) is 0 Å². The van der Waals surface area contributed by atoms with Crippen molar-refractivity contribution in [1.82, 2.24) is 14.8 Å². The summed E-state index contributed by atoms with van der Waals surface area (Å²) >= 11 is 2.79. The Kier molecular flexibility index (Phi) is 8.68. The average molecular weight is 529 g/mol. The molecule has 8 nitrogen and oxygen atoms in total. The van der Waals surface area contributed by atoms with Crippen LogP contribution in [0.1, 0.15) is 63.4 Å². The van der Waals surface area contributed by atoms with Crippen LogP contribution in [0.3, 0.4) is 0 Å². The van der Waals surface area contributed by atoms with Gasteiger partial charge in [0.15, 0.2) is 11.0 Å². The van der Waals surface area contributed by atoms with Crippen LogP contribution in [0.25, 0.3) is 0 Å². The number of methoxy groups -OCH3 is 1. The maximum atomic E-state index is 12.8. The molecule has 3 aromatic rings. The monoisotopic (exact) mass is 528 g/mol. The number of aryl methyl sites for hydroxylation is 2. The molecule has 1 N–H and O–H groups in total. The van der Waals surface area contributed by atoms with Gasteiger partial charge in [-0.1, -0.05) is 36.7 Å². The van der Waals surface area contributed by atoms with E-state index < -0.39 is 5.97 Å². The first-order valence-electron chi connectivity index (χ1n) is 12.1. The molecular formula is C26H32N4O4S2. The van der Waals surface area contributed by atoms with Crippen molar-refractivity contribution in [3.05, 3.63) is 51.2 Å². The molecule has 0 radical (unpaired) electrons. The number of carbonyl (C=O) groups is 2. The fourth-order valence-corrected chi connectivity index (χ4v) is 6.26. The molecule has 36 heavy (non-hydrogen) atoms. The Morgan fingerprint density at radius 2 is 1.92 bits per heavy atom. The third-order valence-electron chi connectivity index (χ3n) is 6.48. The van der Waals surface area contributed by atoms with Crippen LogP contribution in [0.4, 0.5) is 5.00 Å². The predicted octanol–water partition coefficient (Wildman–Crippen LogP) is 5.25. The lowest BCUT2D eigenvalue weighted by Gasteiger charge is -2.11. The van der Waals surface area contributed by atoms with Gasteiger partial charge in [0, 0.05) is 11.9 Å². The van der Waals surface area contributed by atoms with Crippen LogP contribution < -0.4 is 10.1 Å². The highest BCUT2D eigenvalue weighted by Gasteiger charge is 2.26. The lowest BCUT2D eigenvalue weighted by atomic mass is 9.96. The molecule has 1 aromatic carbocycles. The molecule has 0 atom stereocenters. The van der Waals surface area contributed by atoms with E-state index in [0.29, 0.717) is 21.5 Å². The number of carbonyl (C=O) groups excluding carboxylic acids is 2. The summed E-state index contributed by atoms with van der Waals surface area (Å²) in [4.78, 5) is 26.6. The van der Waals surface area contributed by atoms with Gasteiger partial charge in [-0.05, 0) is 62.3 Å². The Balaban J connectivity index is 1.39.